The van der Waals surface area contributed by atoms with Crippen LogP contribution < -0.4 is 0 Å². The number of hydrogen-bond donors (Lipinski definition) is 0. The van der Waals surface area contributed by atoms with Gasteiger partial charge in [0.05, 0.1) is 0 Å². The number of halogens is 2. The van der Waals surface area contributed by atoms with E-state index in [4.69, 9.17) is 23.2 Å². The maximum atomic E-state index is 12.3. The highest BCUT2D eigenvalue weighted by molar-refractivity contribution is 6.34. The molecule has 1 aliphatic heterocycles. The molecular formula is C17H22Cl2N2O. The summed E-state index contributed by atoms with van der Waals surface area (Å²) in [6, 6.07) is 5.54. The number of piperidine rings is 1. The molecule has 1 aromatic carbocycles. The topological polar surface area (TPSA) is 23.6 Å². The van der Waals surface area contributed by atoms with Crippen molar-refractivity contribution in [3.63, 3.8) is 0 Å². The molecular weight excluding hydrogens is 319 g/mol. The molecule has 0 aliphatic carbocycles. The molecule has 1 heterocycles. The lowest BCUT2D eigenvalue weighted by Crippen LogP contribution is -2.45. The molecule has 0 spiro atoms. The fourth-order valence-electron chi connectivity index (χ4n) is 2.72. The van der Waals surface area contributed by atoms with E-state index in [2.05, 4.69) is 11.8 Å². The minimum absolute atomic E-state index is 0.00555. The average molecular weight is 341 g/mol. The Kier molecular flexibility index (Phi) is 6.30. The summed E-state index contributed by atoms with van der Waals surface area (Å²) in [7, 11) is 1.87. The van der Waals surface area contributed by atoms with Crippen LogP contribution in [0, 0.1) is 0 Å². The van der Waals surface area contributed by atoms with Gasteiger partial charge in [0.2, 0.25) is 5.91 Å². The zero-order valence-corrected chi connectivity index (χ0v) is 14.6. The Hall–Kier alpha value is -1.03. The third-order valence-corrected chi connectivity index (χ3v) is 4.84. The van der Waals surface area contributed by atoms with Gasteiger partial charge in [0.1, 0.15) is 0 Å². The van der Waals surface area contributed by atoms with Crippen LogP contribution in [0.3, 0.4) is 0 Å². The van der Waals surface area contributed by atoms with E-state index in [-0.39, 0.29) is 5.91 Å². The van der Waals surface area contributed by atoms with E-state index in [1.54, 1.807) is 30.4 Å². The highest BCUT2D eigenvalue weighted by Gasteiger charge is 2.23. The smallest absolute Gasteiger partial charge is 0.246 e. The average Bonchev–Trinajstić information content (AvgIpc) is 2.54. The molecule has 5 heteroatoms. The van der Waals surface area contributed by atoms with E-state index in [0.717, 1.165) is 38.0 Å². The van der Waals surface area contributed by atoms with Gasteiger partial charge >= 0.3 is 0 Å². The van der Waals surface area contributed by atoms with Gasteiger partial charge in [-0.15, -0.1) is 0 Å². The van der Waals surface area contributed by atoms with E-state index < -0.39 is 0 Å². The number of amides is 1. The zero-order chi connectivity index (χ0) is 16.1. The second kappa shape index (κ2) is 8.00. The quantitative estimate of drug-likeness (QED) is 0.774. The lowest BCUT2D eigenvalue weighted by Gasteiger charge is -2.35. The summed E-state index contributed by atoms with van der Waals surface area (Å²) < 4.78 is 0. The summed E-state index contributed by atoms with van der Waals surface area (Å²) in [5.41, 5.74) is 0.761. The van der Waals surface area contributed by atoms with Crippen molar-refractivity contribution in [2.24, 2.45) is 0 Å². The van der Waals surface area contributed by atoms with Gasteiger partial charge in [-0.05, 0) is 49.2 Å². The minimum Gasteiger partial charge on any atom is -0.339 e. The minimum atomic E-state index is 0.00555. The summed E-state index contributed by atoms with van der Waals surface area (Å²) in [5, 5.41) is 1.20. The van der Waals surface area contributed by atoms with Crippen molar-refractivity contribution in [1.29, 1.82) is 0 Å². The first-order valence-electron chi connectivity index (χ1n) is 7.63. The van der Waals surface area contributed by atoms with E-state index in [1.807, 2.05) is 11.9 Å². The van der Waals surface area contributed by atoms with Gasteiger partial charge in [-0.25, -0.2) is 0 Å². The van der Waals surface area contributed by atoms with Crippen LogP contribution in [0.25, 0.3) is 6.08 Å². The Morgan fingerprint density at radius 1 is 1.36 bits per heavy atom. The Bertz CT molecular complexity index is 552. The summed E-state index contributed by atoms with van der Waals surface area (Å²) >= 11 is 12.1. The van der Waals surface area contributed by atoms with Crippen LogP contribution in [0.15, 0.2) is 24.3 Å². The molecule has 3 nitrogen and oxygen atoms in total. The highest BCUT2D eigenvalue weighted by atomic mass is 35.5. The number of nitrogens with zero attached hydrogens (tertiary/aromatic N) is 2. The SMILES string of the molecule is CCN1CCC(N(C)C(=O)/C=C/c2cc(Cl)ccc2Cl)CC1. The van der Waals surface area contributed by atoms with Crippen LogP contribution in [-0.4, -0.2) is 48.4 Å². The molecule has 0 aromatic heterocycles. The van der Waals surface area contributed by atoms with Gasteiger partial charge < -0.3 is 9.80 Å². The Morgan fingerprint density at radius 2 is 2.05 bits per heavy atom. The lowest BCUT2D eigenvalue weighted by atomic mass is 10.0. The van der Waals surface area contributed by atoms with Gasteiger partial charge in [0, 0.05) is 42.3 Å². The molecule has 22 heavy (non-hydrogen) atoms. The third-order valence-electron chi connectivity index (χ3n) is 4.26. The third kappa shape index (κ3) is 4.48. The molecule has 0 N–H and O–H groups in total. The van der Waals surface area contributed by atoms with Crippen LogP contribution in [0.1, 0.15) is 25.3 Å². The number of carbonyl (C=O) groups excluding carboxylic acids is 1. The summed E-state index contributed by atoms with van der Waals surface area (Å²) in [6.07, 6.45) is 5.36. The lowest BCUT2D eigenvalue weighted by molar-refractivity contribution is -0.127. The molecule has 120 valence electrons. The predicted molar refractivity (Wildman–Crippen MR) is 93.4 cm³/mol. The summed E-state index contributed by atoms with van der Waals surface area (Å²) in [5.74, 6) is 0.00555. The zero-order valence-electron chi connectivity index (χ0n) is 13.1. The second-order valence-corrected chi connectivity index (χ2v) is 6.46. The Balaban J connectivity index is 1.96. The number of rotatable bonds is 4. The first kappa shape index (κ1) is 17.3. The molecule has 0 radical (unpaired) electrons. The first-order valence-corrected chi connectivity index (χ1v) is 8.39. The largest absolute Gasteiger partial charge is 0.339 e. The molecule has 1 saturated heterocycles. The molecule has 0 unspecified atom stereocenters. The van der Waals surface area contributed by atoms with Crippen molar-refractivity contribution >= 4 is 35.2 Å². The fraction of sp³-hybridized carbons (Fsp3) is 0.471. The van der Waals surface area contributed by atoms with Crippen molar-refractivity contribution in [3.05, 3.63) is 39.9 Å². The standard InChI is InChI=1S/C17H22Cl2N2O/c1-3-21-10-8-15(9-11-21)20(2)17(22)7-4-13-12-14(18)5-6-16(13)19/h4-7,12,15H,3,8-11H2,1-2H3/b7-4+. The van der Waals surface area contributed by atoms with Gasteiger partial charge in [-0.2, -0.15) is 0 Å². The summed E-state index contributed by atoms with van der Waals surface area (Å²) in [6.45, 7) is 5.37. The van der Waals surface area contributed by atoms with Crippen LogP contribution in [0.2, 0.25) is 10.0 Å². The molecule has 0 atom stereocenters. The van der Waals surface area contributed by atoms with E-state index in [1.165, 1.54) is 0 Å². The molecule has 0 saturated carbocycles. The van der Waals surface area contributed by atoms with Gasteiger partial charge in [0.25, 0.3) is 0 Å². The van der Waals surface area contributed by atoms with Crippen molar-refractivity contribution < 1.29 is 4.79 Å². The number of carbonyl (C=O) groups is 1. The number of likely N-dealkylation sites (N-methyl/N-ethyl adjacent to an activating group) is 1. The Morgan fingerprint density at radius 3 is 2.68 bits per heavy atom. The van der Waals surface area contributed by atoms with E-state index in [0.29, 0.717) is 16.1 Å². The van der Waals surface area contributed by atoms with E-state index >= 15 is 0 Å². The van der Waals surface area contributed by atoms with E-state index in [9.17, 15) is 4.79 Å². The van der Waals surface area contributed by atoms with Gasteiger partial charge in [0.15, 0.2) is 0 Å². The van der Waals surface area contributed by atoms with Gasteiger partial charge in [-0.3, -0.25) is 4.79 Å². The first-order chi connectivity index (χ1) is 10.5. The normalized spacial score (nSPS) is 17.1. The number of benzene rings is 1. The highest BCUT2D eigenvalue weighted by Crippen LogP contribution is 2.22. The molecule has 0 bridgehead atoms. The second-order valence-electron chi connectivity index (χ2n) is 5.61. The van der Waals surface area contributed by atoms with Crippen LogP contribution in [-0.2, 0) is 4.79 Å². The molecule has 1 aromatic rings. The maximum Gasteiger partial charge on any atom is 0.246 e. The molecule has 1 aliphatic rings. The van der Waals surface area contributed by atoms with Crippen molar-refractivity contribution in [2.75, 3.05) is 26.7 Å². The molecule has 1 amide bonds. The van der Waals surface area contributed by atoms with Crippen molar-refractivity contribution in [1.82, 2.24) is 9.80 Å². The summed E-state index contributed by atoms with van der Waals surface area (Å²) in [4.78, 5) is 16.6. The van der Waals surface area contributed by atoms with Crippen molar-refractivity contribution in [2.45, 2.75) is 25.8 Å². The predicted octanol–water partition coefficient (Wildman–Crippen LogP) is 3.95. The number of hydrogen-bond acceptors (Lipinski definition) is 2. The monoisotopic (exact) mass is 340 g/mol. The number of likely N-dealkylation sites (tertiary alicyclic amines) is 1. The van der Waals surface area contributed by atoms with Crippen molar-refractivity contribution in [3.8, 4) is 0 Å². The fourth-order valence-corrected chi connectivity index (χ4v) is 3.08. The molecule has 1 fully saturated rings. The van der Waals surface area contributed by atoms with Gasteiger partial charge in [-0.1, -0.05) is 30.1 Å². The maximum absolute atomic E-state index is 12.3. The van der Waals surface area contributed by atoms with Crippen LogP contribution >= 0.6 is 23.2 Å². The van der Waals surface area contributed by atoms with Crippen LogP contribution in [0.5, 0.6) is 0 Å². The van der Waals surface area contributed by atoms with Crippen LogP contribution in [0.4, 0.5) is 0 Å². The Labute approximate surface area is 142 Å². The molecule has 2 rings (SSSR count).